The molecule has 6 nitrogen and oxygen atoms in total. The zero-order valence-corrected chi connectivity index (χ0v) is 15.3. The lowest BCUT2D eigenvalue weighted by Crippen LogP contribution is -2.47. The fourth-order valence-electron chi connectivity index (χ4n) is 4.15. The molecule has 1 aromatic carbocycles. The monoisotopic (exact) mass is 365 g/mol. The fourth-order valence-corrected chi connectivity index (χ4v) is 4.15. The molecule has 0 unspecified atom stereocenters. The molecule has 0 radical (unpaired) electrons. The van der Waals surface area contributed by atoms with Crippen molar-refractivity contribution in [1.82, 2.24) is 14.8 Å². The number of pyridine rings is 1. The van der Waals surface area contributed by atoms with Gasteiger partial charge in [-0.1, -0.05) is 12.1 Å². The van der Waals surface area contributed by atoms with Crippen LogP contribution in [0, 0.1) is 12.8 Å². The van der Waals surface area contributed by atoms with E-state index in [2.05, 4.69) is 4.98 Å². The van der Waals surface area contributed by atoms with E-state index in [0.717, 1.165) is 12.8 Å². The Morgan fingerprint density at radius 2 is 1.93 bits per heavy atom. The first-order chi connectivity index (χ1) is 13.0. The Kier molecular flexibility index (Phi) is 4.56. The summed E-state index contributed by atoms with van der Waals surface area (Å²) in [5.41, 5.74) is 1.61. The number of para-hydroxylation sites is 1. The molecule has 2 aromatic rings. The predicted molar refractivity (Wildman–Crippen MR) is 101 cm³/mol. The summed E-state index contributed by atoms with van der Waals surface area (Å²) in [6.45, 7) is 3.57. The highest BCUT2D eigenvalue weighted by molar-refractivity contribution is 5.98. The first-order valence-electron chi connectivity index (χ1n) is 9.33. The highest BCUT2D eigenvalue weighted by Crippen LogP contribution is 2.32. The molecule has 0 aliphatic carbocycles. The van der Waals surface area contributed by atoms with Gasteiger partial charge in [-0.25, -0.2) is 0 Å². The second-order valence-corrected chi connectivity index (χ2v) is 7.48. The van der Waals surface area contributed by atoms with E-state index in [1.807, 2.05) is 9.80 Å². The van der Waals surface area contributed by atoms with Gasteiger partial charge in [0.05, 0.1) is 11.1 Å². The van der Waals surface area contributed by atoms with Crippen LogP contribution in [-0.2, 0) is 0 Å². The standard InChI is InChI=1S/C21H23N3O3/c1-14-4-2-6-18(19(14)25)21(27)24-12-15-7-8-17(24)13-23(11-15)20(26)16-5-3-9-22-10-16/h2-6,9-10,15,17,25H,7-8,11-13H2,1H3/t15-,17+/m1/s1. The normalized spacial score (nSPS) is 21.8. The Labute approximate surface area is 158 Å². The molecule has 4 heterocycles. The number of benzene rings is 1. The van der Waals surface area contributed by atoms with E-state index in [9.17, 15) is 14.7 Å². The average molecular weight is 365 g/mol. The number of amides is 2. The molecule has 2 bridgehead atoms. The minimum Gasteiger partial charge on any atom is -0.507 e. The van der Waals surface area contributed by atoms with Crippen LogP contribution in [0.4, 0.5) is 0 Å². The summed E-state index contributed by atoms with van der Waals surface area (Å²) in [6.07, 6.45) is 5.12. The lowest BCUT2D eigenvalue weighted by molar-refractivity contribution is 0.0571. The smallest absolute Gasteiger partial charge is 0.257 e. The van der Waals surface area contributed by atoms with Crippen molar-refractivity contribution in [3.63, 3.8) is 0 Å². The Bertz CT molecular complexity index is 868. The van der Waals surface area contributed by atoms with Gasteiger partial charge < -0.3 is 14.9 Å². The zero-order valence-electron chi connectivity index (χ0n) is 15.3. The van der Waals surface area contributed by atoms with Gasteiger partial charge in [-0.2, -0.15) is 0 Å². The van der Waals surface area contributed by atoms with Gasteiger partial charge >= 0.3 is 0 Å². The zero-order chi connectivity index (χ0) is 19.0. The molecule has 3 aliphatic rings. The third-order valence-corrected chi connectivity index (χ3v) is 5.64. The molecule has 6 heteroatoms. The number of hydrogen-bond donors (Lipinski definition) is 1. The maximum absolute atomic E-state index is 13.1. The van der Waals surface area contributed by atoms with Gasteiger partial charge in [0.25, 0.3) is 11.8 Å². The summed E-state index contributed by atoms with van der Waals surface area (Å²) in [5.74, 6) is 0.112. The van der Waals surface area contributed by atoms with Crippen LogP contribution in [0.25, 0.3) is 0 Å². The van der Waals surface area contributed by atoms with E-state index in [4.69, 9.17) is 0 Å². The summed E-state index contributed by atoms with van der Waals surface area (Å²) >= 11 is 0. The number of carbonyl (C=O) groups is 2. The third-order valence-electron chi connectivity index (χ3n) is 5.64. The molecule has 3 saturated heterocycles. The van der Waals surface area contributed by atoms with Crippen LogP contribution in [0.3, 0.4) is 0 Å². The molecule has 1 N–H and O–H groups in total. The largest absolute Gasteiger partial charge is 0.507 e. The predicted octanol–water partition coefficient (Wildman–Crippen LogP) is 2.47. The number of aromatic hydroxyl groups is 1. The van der Waals surface area contributed by atoms with Crippen LogP contribution in [0.15, 0.2) is 42.7 Å². The Balaban J connectivity index is 1.57. The minimum absolute atomic E-state index is 0.0308. The van der Waals surface area contributed by atoms with Crippen molar-refractivity contribution < 1.29 is 14.7 Å². The van der Waals surface area contributed by atoms with Crippen LogP contribution in [-0.4, -0.2) is 57.4 Å². The number of aryl methyl sites for hydroxylation is 1. The van der Waals surface area contributed by atoms with E-state index in [0.29, 0.717) is 36.3 Å². The number of hydrogen-bond acceptors (Lipinski definition) is 4. The summed E-state index contributed by atoms with van der Waals surface area (Å²) in [5, 5.41) is 10.3. The lowest BCUT2D eigenvalue weighted by atomic mass is 9.94. The summed E-state index contributed by atoms with van der Waals surface area (Å²) in [7, 11) is 0. The highest BCUT2D eigenvalue weighted by Gasteiger charge is 2.39. The lowest BCUT2D eigenvalue weighted by Gasteiger charge is -2.36. The summed E-state index contributed by atoms with van der Waals surface area (Å²) < 4.78 is 0. The van der Waals surface area contributed by atoms with E-state index in [-0.39, 0.29) is 29.5 Å². The van der Waals surface area contributed by atoms with Crippen molar-refractivity contribution in [2.75, 3.05) is 19.6 Å². The van der Waals surface area contributed by atoms with Crippen LogP contribution in [0.5, 0.6) is 5.75 Å². The summed E-state index contributed by atoms with van der Waals surface area (Å²) in [4.78, 5) is 33.7. The van der Waals surface area contributed by atoms with Gasteiger partial charge in [0.2, 0.25) is 0 Å². The molecule has 2 atom stereocenters. The van der Waals surface area contributed by atoms with E-state index in [1.54, 1.807) is 49.6 Å². The Morgan fingerprint density at radius 1 is 1.07 bits per heavy atom. The number of carbonyl (C=O) groups excluding carboxylic acids is 2. The summed E-state index contributed by atoms with van der Waals surface area (Å²) in [6, 6.07) is 8.75. The van der Waals surface area contributed by atoms with E-state index in [1.165, 1.54) is 0 Å². The second kappa shape index (κ2) is 7.02. The Morgan fingerprint density at radius 3 is 2.70 bits per heavy atom. The molecule has 3 fully saturated rings. The number of rotatable bonds is 2. The second-order valence-electron chi connectivity index (χ2n) is 7.48. The van der Waals surface area contributed by atoms with Crippen molar-refractivity contribution in [2.45, 2.75) is 25.8 Å². The highest BCUT2D eigenvalue weighted by atomic mass is 16.3. The number of nitrogens with zero attached hydrogens (tertiary/aromatic N) is 3. The fraction of sp³-hybridized carbons (Fsp3) is 0.381. The van der Waals surface area contributed by atoms with Crippen LogP contribution in [0.1, 0.15) is 39.1 Å². The number of aromatic nitrogens is 1. The van der Waals surface area contributed by atoms with Crippen molar-refractivity contribution in [3.8, 4) is 5.75 Å². The van der Waals surface area contributed by atoms with Crippen molar-refractivity contribution >= 4 is 11.8 Å². The van der Waals surface area contributed by atoms with Crippen molar-refractivity contribution in [3.05, 3.63) is 59.4 Å². The van der Waals surface area contributed by atoms with Gasteiger partial charge in [0, 0.05) is 38.1 Å². The van der Waals surface area contributed by atoms with Crippen LogP contribution < -0.4 is 0 Å². The van der Waals surface area contributed by atoms with E-state index < -0.39 is 0 Å². The molecule has 27 heavy (non-hydrogen) atoms. The van der Waals surface area contributed by atoms with Gasteiger partial charge in [0.15, 0.2) is 0 Å². The quantitative estimate of drug-likeness (QED) is 0.887. The number of piperidine rings is 1. The van der Waals surface area contributed by atoms with Crippen LogP contribution >= 0.6 is 0 Å². The Hall–Kier alpha value is -2.89. The molecule has 1 aromatic heterocycles. The van der Waals surface area contributed by atoms with Gasteiger partial charge in [0.1, 0.15) is 5.75 Å². The first kappa shape index (κ1) is 17.5. The molecule has 0 spiro atoms. The number of phenolic OH excluding ortho intramolecular Hbond substituents is 1. The molecule has 0 saturated carbocycles. The molecule has 5 rings (SSSR count). The number of fused-ring (bicyclic) bond motifs is 4. The van der Waals surface area contributed by atoms with Crippen molar-refractivity contribution in [1.29, 1.82) is 0 Å². The third kappa shape index (κ3) is 3.27. The molecular weight excluding hydrogens is 342 g/mol. The topological polar surface area (TPSA) is 73.7 Å². The molecular formula is C21H23N3O3. The van der Waals surface area contributed by atoms with Crippen molar-refractivity contribution in [2.24, 2.45) is 5.92 Å². The average Bonchev–Trinajstić information content (AvgIpc) is 3.02. The molecule has 2 amide bonds. The maximum Gasteiger partial charge on any atom is 0.257 e. The number of phenols is 1. The maximum atomic E-state index is 13.1. The SMILES string of the molecule is Cc1cccc(C(=O)N2C[C@@H]3CC[C@H]2CN(C(=O)c2cccnc2)C3)c1O. The van der Waals surface area contributed by atoms with E-state index >= 15 is 0 Å². The van der Waals surface area contributed by atoms with Crippen LogP contribution in [0.2, 0.25) is 0 Å². The van der Waals surface area contributed by atoms with Gasteiger partial charge in [-0.3, -0.25) is 14.6 Å². The molecule has 3 aliphatic heterocycles. The van der Waals surface area contributed by atoms with Gasteiger partial charge in [-0.15, -0.1) is 0 Å². The van der Waals surface area contributed by atoms with Gasteiger partial charge in [-0.05, 0) is 49.4 Å². The first-order valence-corrected chi connectivity index (χ1v) is 9.33. The molecule has 140 valence electrons. The minimum atomic E-state index is -0.151.